The molecule has 2 N–H and O–H groups in total. The van der Waals surface area contributed by atoms with E-state index in [1.54, 1.807) is 30.7 Å². The summed E-state index contributed by atoms with van der Waals surface area (Å²) in [6, 6.07) is 12.6. The Hall–Kier alpha value is -5.32. The molecule has 0 aliphatic heterocycles. The van der Waals surface area contributed by atoms with Crippen molar-refractivity contribution in [2.45, 2.75) is 26.8 Å². The van der Waals surface area contributed by atoms with Gasteiger partial charge in [-0.05, 0) is 50.6 Å². The number of carbonyl (C=O) groups excluding carboxylic acids is 1. The first-order valence-electron chi connectivity index (χ1n) is 13.4. The number of nitrogens with one attached hydrogen (secondary N) is 2. The summed E-state index contributed by atoms with van der Waals surface area (Å²) in [5.74, 6) is -0.794. The van der Waals surface area contributed by atoms with Crippen LogP contribution in [0.4, 0.5) is 20.3 Å². The van der Waals surface area contributed by atoms with E-state index in [2.05, 4.69) is 20.6 Å². The average molecular weight is 586 g/mol. The summed E-state index contributed by atoms with van der Waals surface area (Å²) in [5, 5.41) is 5.55. The quantitative estimate of drug-likeness (QED) is 0.208. The Morgan fingerprint density at radius 2 is 1.74 bits per heavy atom. The maximum Gasteiger partial charge on any atom is 0.261 e. The van der Waals surface area contributed by atoms with Gasteiger partial charge in [0, 0.05) is 60.6 Å². The van der Waals surface area contributed by atoms with Gasteiger partial charge in [0.15, 0.2) is 28.9 Å². The van der Waals surface area contributed by atoms with E-state index in [9.17, 15) is 14.0 Å². The van der Waals surface area contributed by atoms with Gasteiger partial charge in [0.2, 0.25) is 5.43 Å². The Kier molecular flexibility index (Phi) is 8.07. The molecule has 0 radical (unpaired) electrons. The molecule has 0 saturated heterocycles. The van der Waals surface area contributed by atoms with Crippen molar-refractivity contribution in [1.82, 2.24) is 14.5 Å². The number of benzene rings is 2. The van der Waals surface area contributed by atoms with Crippen LogP contribution in [-0.4, -0.2) is 34.6 Å². The molecule has 1 amide bonds. The Balaban J connectivity index is 1.45. The molecule has 9 nitrogen and oxygen atoms in total. The lowest BCUT2D eigenvalue weighted by Gasteiger charge is -2.20. The maximum absolute atomic E-state index is 15.2. The molecule has 43 heavy (non-hydrogen) atoms. The number of halogens is 2. The Morgan fingerprint density at radius 3 is 2.40 bits per heavy atom. The molecule has 0 saturated carbocycles. The zero-order valence-corrected chi connectivity index (χ0v) is 24.2. The fourth-order valence-corrected chi connectivity index (χ4v) is 4.80. The van der Waals surface area contributed by atoms with E-state index in [1.807, 2.05) is 13.8 Å². The lowest BCUT2D eigenvalue weighted by atomic mass is 10.00. The second-order valence-electron chi connectivity index (χ2n) is 10.0. The van der Waals surface area contributed by atoms with E-state index in [4.69, 9.17) is 9.47 Å². The molecule has 0 aliphatic rings. The summed E-state index contributed by atoms with van der Waals surface area (Å²) < 4.78 is 41.8. The summed E-state index contributed by atoms with van der Waals surface area (Å²) in [7, 11) is 3.21. The van der Waals surface area contributed by atoms with E-state index in [1.165, 1.54) is 55.9 Å². The highest BCUT2D eigenvalue weighted by atomic mass is 19.1. The van der Waals surface area contributed by atoms with Crippen LogP contribution in [0.25, 0.3) is 22.2 Å². The molecule has 0 atom stereocenters. The topological polar surface area (TPSA) is 107 Å². The minimum Gasteiger partial charge on any atom is -0.493 e. The van der Waals surface area contributed by atoms with Crippen LogP contribution in [0.3, 0.4) is 0 Å². The van der Waals surface area contributed by atoms with E-state index < -0.39 is 23.0 Å². The number of anilines is 2. The van der Waals surface area contributed by atoms with Crippen molar-refractivity contribution in [3.63, 3.8) is 0 Å². The number of hydrogen-bond donors (Lipinski definition) is 2. The van der Waals surface area contributed by atoms with Crippen LogP contribution in [0.1, 0.15) is 35.9 Å². The summed E-state index contributed by atoms with van der Waals surface area (Å²) >= 11 is 0. The van der Waals surface area contributed by atoms with Crippen LogP contribution in [0.15, 0.2) is 71.8 Å². The molecule has 0 spiro atoms. The SMILES string of the molecule is CNc1nc2c(Oc3ccc(NC(=O)c4cn(C(C)C)c(C)c(-c5ccc(F)cc5)c4=O)cc3F)ccnc2cc1OC. The predicted octanol–water partition coefficient (Wildman–Crippen LogP) is 6.72. The maximum atomic E-state index is 15.2. The zero-order chi connectivity index (χ0) is 30.8. The zero-order valence-electron chi connectivity index (χ0n) is 24.2. The molecular formula is C32H29F2N5O4. The highest BCUT2D eigenvalue weighted by Gasteiger charge is 2.21. The van der Waals surface area contributed by atoms with E-state index in [0.717, 1.165) is 6.07 Å². The van der Waals surface area contributed by atoms with Gasteiger partial charge in [0.25, 0.3) is 5.91 Å². The van der Waals surface area contributed by atoms with Crippen LogP contribution in [0.2, 0.25) is 0 Å². The number of hydrogen-bond acceptors (Lipinski definition) is 7. The normalized spacial score (nSPS) is 11.1. The van der Waals surface area contributed by atoms with E-state index in [-0.39, 0.29) is 34.4 Å². The number of rotatable bonds is 8. The molecule has 0 aliphatic carbocycles. The molecule has 220 valence electrons. The van der Waals surface area contributed by atoms with Crippen molar-refractivity contribution in [3.05, 3.63) is 100 Å². The first-order valence-corrected chi connectivity index (χ1v) is 13.4. The van der Waals surface area contributed by atoms with Crippen molar-refractivity contribution in [2.24, 2.45) is 0 Å². The fraction of sp³-hybridized carbons (Fsp3) is 0.188. The number of pyridine rings is 3. The second-order valence-corrected chi connectivity index (χ2v) is 10.0. The van der Waals surface area contributed by atoms with Gasteiger partial charge in [-0.25, -0.2) is 13.8 Å². The molecular weight excluding hydrogens is 556 g/mol. The monoisotopic (exact) mass is 585 g/mol. The molecule has 3 heterocycles. The fourth-order valence-electron chi connectivity index (χ4n) is 4.80. The van der Waals surface area contributed by atoms with Gasteiger partial charge in [0.1, 0.15) is 16.9 Å². The number of amides is 1. The molecule has 5 rings (SSSR count). The van der Waals surface area contributed by atoms with Gasteiger partial charge < -0.3 is 24.7 Å². The second kappa shape index (κ2) is 11.9. The Morgan fingerprint density at radius 1 is 1.00 bits per heavy atom. The standard InChI is InChI=1S/C32H29F2N5O4/c1-17(2)39-16-22(30(40)28(18(39)3)19-6-8-20(33)9-7-19)32(41)37-21-10-11-25(23(34)14-21)43-26-12-13-36-24-15-27(42-5)31(35-4)38-29(24)26/h6-17H,1-5H3,(H,35,38)(H,37,41). The number of methoxy groups -OCH3 is 1. The predicted molar refractivity (Wildman–Crippen MR) is 161 cm³/mol. The van der Waals surface area contributed by atoms with Crippen LogP contribution in [-0.2, 0) is 0 Å². The highest BCUT2D eigenvalue weighted by molar-refractivity contribution is 6.04. The summed E-state index contributed by atoms with van der Waals surface area (Å²) in [4.78, 5) is 35.6. The smallest absolute Gasteiger partial charge is 0.261 e. The molecule has 0 bridgehead atoms. The van der Waals surface area contributed by atoms with Crippen molar-refractivity contribution >= 4 is 28.4 Å². The third kappa shape index (κ3) is 5.74. The number of nitrogens with zero attached hydrogens (tertiary/aromatic N) is 3. The van der Waals surface area contributed by atoms with E-state index in [0.29, 0.717) is 33.9 Å². The van der Waals surface area contributed by atoms with Gasteiger partial charge in [-0.2, -0.15) is 0 Å². The number of aromatic nitrogens is 3. The number of ether oxygens (including phenoxy) is 2. The molecule has 0 unspecified atom stereocenters. The largest absolute Gasteiger partial charge is 0.493 e. The lowest BCUT2D eigenvalue weighted by molar-refractivity contribution is 0.102. The van der Waals surface area contributed by atoms with Gasteiger partial charge in [-0.15, -0.1) is 0 Å². The lowest BCUT2D eigenvalue weighted by Crippen LogP contribution is -2.26. The van der Waals surface area contributed by atoms with Gasteiger partial charge in [-0.3, -0.25) is 14.6 Å². The van der Waals surface area contributed by atoms with E-state index >= 15 is 4.39 Å². The number of carbonyl (C=O) groups is 1. The van der Waals surface area contributed by atoms with Crippen molar-refractivity contribution in [3.8, 4) is 28.4 Å². The molecule has 0 fully saturated rings. The Bertz CT molecular complexity index is 1910. The highest BCUT2D eigenvalue weighted by Crippen LogP contribution is 2.34. The van der Waals surface area contributed by atoms with Crippen molar-refractivity contribution < 1.29 is 23.0 Å². The Labute approximate surface area is 246 Å². The molecule has 3 aromatic heterocycles. The van der Waals surface area contributed by atoms with Crippen LogP contribution in [0, 0.1) is 18.6 Å². The number of fused-ring (bicyclic) bond motifs is 1. The molecule has 5 aromatic rings. The summed E-state index contributed by atoms with van der Waals surface area (Å²) in [6.45, 7) is 5.60. The van der Waals surface area contributed by atoms with Crippen LogP contribution in [0.5, 0.6) is 17.2 Å². The third-order valence-corrected chi connectivity index (χ3v) is 6.93. The van der Waals surface area contributed by atoms with Gasteiger partial charge in [0.05, 0.1) is 12.6 Å². The van der Waals surface area contributed by atoms with Gasteiger partial charge >= 0.3 is 0 Å². The molecule has 11 heteroatoms. The van der Waals surface area contributed by atoms with Crippen molar-refractivity contribution in [2.75, 3.05) is 24.8 Å². The van der Waals surface area contributed by atoms with Crippen molar-refractivity contribution in [1.29, 1.82) is 0 Å². The van der Waals surface area contributed by atoms with Gasteiger partial charge in [-0.1, -0.05) is 12.1 Å². The minimum atomic E-state index is -0.749. The molecule has 2 aromatic carbocycles. The third-order valence-electron chi connectivity index (χ3n) is 6.93. The summed E-state index contributed by atoms with van der Waals surface area (Å²) in [5.41, 5.74) is 1.75. The minimum absolute atomic E-state index is 0.0794. The summed E-state index contributed by atoms with van der Waals surface area (Å²) in [6.07, 6.45) is 2.99. The first kappa shape index (κ1) is 29.2. The van der Waals surface area contributed by atoms with Crippen LogP contribution >= 0.6 is 0 Å². The average Bonchev–Trinajstić information content (AvgIpc) is 2.98. The first-order chi connectivity index (χ1) is 20.6. The van der Waals surface area contributed by atoms with Crippen LogP contribution < -0.4 is 25.5 Å².